The Hall–Kier alpha value is -3.28. The molecule has 0 fully saturated rings. The Morgan fingerprint density at radius 1 is 1.15 bits per heavy atom. The molecule has 0 saturated heterocycles. The molecule has 0 aliphatic carbocycles. The second kappa shape index (κ2) is 7.31. The van der Waals surface area contributed by atoms with Crippen molar-refractivity contribution in [1.29, 1.82) is 0 Å². The number of primary amides is 1. The molecule has 0 radical (unpaired) electrons. The maximum absolute atomic E-state index is 11.6. The smallest absolute Gasteiger partial charge is 0.322 e. The summed E-state index contributed by atoms with van der Waals surface area (Å²) in [4.78, 5) is 22.5. The van der Waals surface area contributed by atoms with Crippen molar-refractivity contribution < 1.29 is 14.7 Å². The van der Waals surface area contributed by atoms with Crippen molar-refractivity contribution in [3.05, 3.63) is 71.0 Å². The molecule has 2 heterocycles. The van der Waals surface area contributed by atoms with Gasteiger partial charge in [0.25, 0.3) is 0 Å². The molecule has 2 aromatic heterocycles. The van der Waals surface area contributed by atoms with Crippen molar-refractivity contribution in [2.75, 3.05) is 11.9 Å². The highest BCUT2D eigenvalue weighted by Crippen LogP contribution is 2.30. The minimum absolute atomic E-state index is 0.107. The molecular formula is C20H21N3O3. The number of pyridine rings is 1. The third-order valence-corrected chi connectivity index (χ3v) is 4.45. The van der Waals surface area contributed by atoms with Gasteiger partial charge in [-0.05, 0) is 35.7 Å². The van der Waals surface area contributed by atoms with Gasteiger partial charge in [-0.25, -0.2) is 0 Å². The highest BCUT2D eigenvalue weighted by atomic mass is 16.4. The Morgan fingerprint density at radius 2 is 1.88 bits per heavy atom. The number of rotatable bonds is 7. The van der Waals surface area contributed by atoms with Gasteiger partial charge < -0.3 is 20.6 Å². The lowest BCUT2D eigenvalue weighted by Crippen LogP contribution is -2.15. The predicted molar refractivity (Wildman–Crippen MR) is 100 cm³/mol. The molecule has 3 rings (SSSR count). The van der Waals surface area contributed by atoms with Crippen LogP contribution in [-0.2, 0) is 22.4 Å². The van der Waals surface area contributed by atoms with Gasteiger partial charge in [0.1, 0.15) is 6.54 Å². The van der Waals surface area contributed by atoms with Crippen LogP contribution < -0.4 is 11.1 Å². The van der Waals surface area contributed by atoms with Crippen LogP contribution in [0.5, 0.6) is 0 Å². The van der Waals surface area contributed by atoms with Crippen LogP contribution in [0.4, 0.5) is 5.69 Å². The standard InChI is InChI=1S/C20H21N3O3/c1-13-15(11-18(21)24)20-16(22-12-19(25)26)8-5-9-23(20)17(13)10-14-6-3-2-4-7-14/h2-9,22H,10-12H2,1H3,(H2,21,24)(H,25,26). The largest absolute Gasteiger partial charge is 0.480 e. The molecule has 0 aliphatic rings. The summed E-state index contributed by atoms with van der Waals surface area (Å²) < 4.78 is 2.02. The van der Waals surface area contributed by atoms with E-state index in [2.05, 4.69) is 17.4 Å². The number of nitrogens with one attached hydrogen (secondary N) is 1. The fourth-order valence-electron chi connectivity index (χ4n) is 3.28. The minimum atomic E-state index is -0.948. The van der Waals surface area contributed by atoms with Crippen LogP contribution in [0.15, 0.2) is 48.7 Å². The summed E-state index contributed by atoms with van der Waals surface area (Å²) in [6, 6.07) is 13.7. The lowest BCUT2D eigenvalue weighted by atomic mass is 10.0. The molecule has 134 valence electrons. The SMILES string of the molecule is Cc1c(CC(N)=O)c2c(NCC(=O)O)cccn2c1Cc1ccccc1. The Bertz CT molecular complexity index is 961. The summed E-state index contributed by atoms with van der Waals surface area (Å²) in [7, 11) is 0. The van der Waals surface area contributed by atoms with Gasteiger partial charge in [-0.3, -0.25) is 9.59 Å². The predicted octanol–water partition coefficient (Wildman–Crippen LogP) is 2.36. The summed E-state index contributed by atoms with van der Waals surface area (Å²) in [5.74, 6) is -1.36. The molecule has 6 heteroatoms. The van der Waals surface area contributed by atoms with E-state index in [9.17, 15) is 9.59 Å². The Kier molecular flexibility index (Phi) is 4.93. The van der Waals surface area contributed by atoms with Gasteiger partial charge in [0, 0.05) is 18.3 Å². The van der Waals surface area contributed by atoms with Gasteiger partial charge >= 0.3 is 5.97 Å². The average molecular weight is 351 g/mol. The number of anilines is 1. The molecule has 3 aromatic rings. The number of carboxylic acids is 1. The number of benzene rings is 1. The Balaban J connectivity index is 2.15. The summed E-state index contributed by atoms with van der Waals surface area (Å²) >= 11 is 0. The van der Waals surface area contributed by atoms with Crippen LogP contribution in [0.25, 0.3) is 5.52 Å². The maximum atomic E-state index is 11.6. The van der Waals surface area contributed by atoms with Gasteiger partial charge in [0.05, 0.1) is 17.6 Å². The highest BCUT2D eigenvalue weighted by molar-refractivity contribution is 5.87. The molecule has 0 bridgehead atoms. The topological polar surface area (TPSA) is 96.8 Å². The Labute approximate surface area is 151 Å². The lowest BCUT2D eigenvalue weighted by molar-refractivity contribution is -0.135. The third-order valence-electron chi connectivity index (χ3n) is 4.45. The van der Waals surface area contributed by atoms with Crippen LogP contribution in [0.3, 0.4) is 0 Å². The van der Waals surface area contributed by atoms with Gasteiger partial charge in [0.2, 0.25) is 5.91 Å². The van der Waals surface area contributed by atoms with E-state index in [1.165, 1.54) is 0 Å². The van der Waals surface area contributed by atoms with Crippen LogP contribution >= 0.6 is 0 Å². The fraction of sp³-hybridized carbons (Fsp3) is 0.200. The molecular weight excluding hydrogens is 330 g/mol. The summed E-state index contributed by atoms with van der Waals surface area (Å²) in [5.41, 5.74) is 11.0. The van der Waals surface area contributed by atoms with Crippen LogP contribution in [0.1, 0.15) is 22.4 Å². The lowest BCUT2D eigenvalue weighted by Gasteiger charge is -2.09. The van der Waals surface area contributed by atoms with Crippen molar-refractivity contribution in [2.45, 2.75) is 19.8 Å². The molecule has 0 saturated carbocycles. The second-order valence-corrected chi connectivity index (χ2v) is 6.24. The van der Waals surface area contributed by atoms with Crippen LogP contribution in [0, 0.1) is 6.92 Å². The zero-order valence-electron chi connectivity index (χ0n) is 14.5. The molecule has 0 spiro atoms. The van der Waals surface area contributed by atoms with Gasteiger partial charge in [0.15, 0.2) is 0 Å². The molecule has 0 unspecified atom stereocenters. The van der Waals surface area contributed by atoms with E-state index in [1.807, 2.05) is 47.9 Å². The van der Waals surface area contributed by atoms with Gasteiger partial charge in [-0.2, -0.15) is 0 Å². The van der Waals surface area contributed by atoms with E-state index in [4.69, 9.17) is 10.8 Å². The van der Waals surface area contributed by atoms with Gasteiger partial charge in [-0.15, -0.1) is 0 Å². The molecule has 1 amide bonds. The first-order chi connectivity index (χ1) is 12.5. The van der Waals surface area contributed by atoms with Crippen molar-refractivity contribution in [1.82, 2.24) is 4.40 Å². The quantitative estimate of drug-likeness (QED) is 0.609. The number of carboxylic acid groups (broad SMARTS) is 1. The molecule has 6 nitrogen and oxygen atoms in total. The first kappa shape index (κ1) is 17.5. The van der Waals surface area contributed by atoms with Crippen molar-refractivity contribution >= 4 is 23.1 Å². The number of fused-ring (bicyclic) bond motifs is 1. The number of aliphatic carboxylic acids is 1. The molecule has 0 atom stereocenters. The number of hydrogen-bond donors (Lipinski definition) is 3. The molecule has 0 aliphatic heterocycles. The number of nitrogens with two attached hydrogens (primary N) is 1. The third kappa shape index (κ3) is 3.54. The maximum Gasteiger partial charge on any atom is 0.322 e. The zero-order valence-corrected chi connectivity index (χ0v) is 14.5. The van der Waals surface area contributed by atoms with E-state index in [0.717, 1.165) is 27.9 Å². The first-order valence-corrected chi connectivity index (χ1v) is 8.36. The summed E-state index contributed by atoms with van der Waals surface area (Å²) in [5, 5.41) is 11.9. The minimum Gasteiger partial charge on any atom is -0.480 e. The highest BCUT2D eigenvalue weighted by Gasteiger charge is 2.19. The summed E-state index contributed by atoms with van der Waals surface area (Å²) in [6.07, 6.45) is 2.74. The number of hydrogen-bond acceptors (Lipinski definition) is 3. The molecule has 4 N–H and O–H groups in total. The fourth-order valence-corrected chi connectivity index (χ4v) is 3.28. The number of nitrogens with zero attached hydrogens (tertiary/aromatic N) is 1. The monoisotopic (exact) mass is 351 g/mol. The van der Waals surface area contributed by atoms with E-state index in [-0.39, 0.29) is 13.0 Å². The normalized spacial score (nSPS) is 10.8. The van der Waals surface area contributed by atoms with Gasteiger partial charge in [-0.1, -0.05) is 30.3 Å². The van der Waals surface area contributed by atoms with E-state index < -0.39 is 11.9 Å². The number of aromatic nitrogens is 1. The van der Waals surface area contributed by atoms with E-state index in [0.29, 0.717) is 12.1 Å². The van der Waals surface area contributed by atoms with E-state index >= 15 is 0 Å². The van der Waals surface area contributed by atoms with Crippen molar-refractivity contribution in [2.24, 2.45) is 5.73 Å². The molecule has 1 aromatic carbocycles. The van der Waals surface area contributed by atoms with E-state index in [1.54, 1.807) is 0 Å². The summed E-state index contributed by atoms with van der Waals surface area (Å²) in [6.45, 7) is 1.78. The van der Waals surface area contributed by atoms with Crippen molar-refractivity contribution in [3.63, 3.8) is 0 Å². The number of amides is 1. The Morgan fingerprint density at radius 3 is 2.54 bits per heavy atom. The van der Waals surface area contributed by atoms with Crippen molar-refractivity contribution in [3.8, 4) is 0 Å². The van der Waals surface area contributed by atoms with Crippen LogP contribution in [-0.4, -0.2) is 27.9 Å². The first-order valence-electron chi connectivity index (χ1n) is 8.36. The number of carbonyl (C=O) groups is 2. The second-order valence-electron chi connectivity index (χ2n) is 6.24. The average Bonchev–Trinajstić information content (AvgIpc) is 2.86. The number of carbonyl (C=O) groups excluding carboxylic acids is 1. The zero-order chi connectivity index (χ0) is 18.7. The van der Waals surface area contributed by atoms with Crippen LogP contribution in [0.2, 0.25) is 0 Å². The molecule has 26 heavy (non-hydrogen) atoms.